The molecular weight excluding hydrogens is 372 g/mol. The molecule has 28 heavy (non-hydrogen) atoms. The molecule has 0 aromatic heterocycles. The maximum absolute atomic E-state index is 12.4. The summed E-state index contributed by atoms with van der Waals surface area (Å²) in [6, 6.07) is 22.5. The van der Waals surface area contributed by atoms with Gasteiger partial charge in [0.2, 0.25) is 0 Å². The second-order valence-electron chi connectivity index (χ2n) is 6.02. The zero-order valence-electron chi connectivity index (χ0n) is 15.6. The van der Waals surface area contributed by atoms with Crippen molar-refractivity contribution in [2.24, 2.45) is 0 Å². The number of amides is 2. The summed E-state index contributed by atoms with van der Waals surface area (Å²) in [6.45, 7) is 1.90. The van der Waals surface area contributed by atoms with E-state index in [-0.39, 0.29) is 0 Å². The van der Waals surface area contributed by atoms with Crippen LogP contribution in [0.2, 0.25) is 0 Å². The van der Waals surface area contributed by atoms with Gasteiger partial charge >= 0.3 is 11.8 Å². The Bertz CT molecular complexity index is 990. The molecule has 3 aromatic rings. The molecule has 3 aromatic carbocycles. The number of carbonyl (C=O) groups is 2. The van der Waals surface area contributed by atoms with E-state index < -0.39 is 11.8 Å². The van der Waals surface area contributed by atoms with Gasteiger partial charge < -0.3 is 15.4 Å². The van der Waals surface area contributed by atoms with E-state index in [1.54, 1.807) is 18.2 Å². The van der Waals surface area contributed by atoms with Gasteiger partial charge in [-0.3, -0.25) is 9.59 Å². The SMILES string of the molecule is COc1ccc(C)cc1NC(=O)C(=O)Nc1ccccc1Sc1ccccc1. The van der Waals surface area contributed by atoms with E-state index in [4.69, 9.17) is 4.74 Å². The van der Waals surface area contributed by atoms with E-state index in [1.165, 1.54) is 18.9 Å². The first-order valence-electron chi connectivity index (χ1n) is 8.65. The highest BCUT2D eigenvalue weighted by molar-refractivity contribution is 7.99. The van der Waals surface area contributed by atoms with Crippen LogP contribution in [-0.2, 0) is 9.59 Å². The molecule has 0 radical (unpaired) electrons. The lowest BCUT2D eigenvalue weighted by Gasteiger charge is -2.12. The Balaban J connectivity index is 1.73. The fraction of sp³-hybridized carbons (Fsp3) is 0.0909. The summed E-state index contributed by atoms with van der Waals surface area (Å²) in [7, 11) is 1.51. The smallest absolute Gasteiger partial charge is 0.314 e. The Kier molecular flexibility index (Phi) is 6.34. The monoisotopic (exact) mass is 392 g/mol. The summed E-state index contributed by atoms with van der Waals surface area (Å²) in [5.74, 6) is -1.01. The van der Waals surface area contributed by atoms with Crippen LogP contribution in [0.5, 0.6) is 5.75 Å². The maximum atomic E-state index is 12.4. The van der Waals surface area contributed by atoms with E-state index in [0.717, 1.165) is 15.4 Å². The predicted octanol–water partition coefficient (Wildman–Crippen LogP) is 4.73. The van der Waals surface area contributed by atoms with Crippen molar-refractivity contribution in [2.45, 2.75) is 16.7 Å². The summed E-state index contributed by atoms with van der Waals surface area (Å²) >= 11 is 1.51. The van der Waals surface area contributed by atoms with Gasteiger partial charge in [-0.15, -0.1) is 0 Å². The topological polar surface area (TPSA) is 67.4 Å². The molecule has 2 N–H and O–H groups in total. The van der Waals surface area contributed by atoms with Gasteiger partial charge in [0.15, 0.2) is 0 Å². The fourth-order valence-electron chi connectivity index (χ4n) is 2.55. The lowest BCUT2D eigenvalue weighted by Crippen LogP contribution is -2.29. The van der Waals surface area contributed by atoms with Crippen LogP contribution >= 0.6 is 11.8 Å². The standard InChI is InChI=1S/C22H20N2O3S/c1-15-12-13-19(27-2)18(14-15)24-22(26)21(25)23-17-10-6-7-11-20(17)28-16-8-4-3-5-9-16/h3-14H,1-2H3,(H,23,25)(H,24,26). The van der Waals surface area contributed by atoms with Crippen molar-refractivity contribution in [1.29, 1.82) is 0 Å². The third-order valence-electron chi connectivity index (χ3n) is 3.92. The summed E-state index contributed by atoms with van der Waals surface area (Å²) in [4.78, 5) is 26.7. The molecule has 0 heterocycles. The van der Waals surface area contributed by atoms with Crippen LogP contribution in [-0.4, -0.2) is 18.9 Å². The fourth-order valence-corrected chi connectivity index (χ4v) is 3.47. The third-order valence-corrected chi connectivity index (χ3v) is 5.00. The number of rotatable bonds is 5. The molecule has 0 aliphatic rings. The molecule has 0 saturated heterocycles. The zero-order chi connectivity index (χ0) is 19.9. The van der Waals surface area contributed by atoms with Gasteiger partial charge in [-0.2, -0.15) is 0 Å². The maximum Gasteiger partial charge on any atom is 0.314 e. The van der Waals surface area contributed by atoms with Gasteiger partial charge in [-0.25, -0.2) is 0 Å². The minimum Gasteiger partial charge on any atom is -0.495 e. The molecule has 0 aliphatic heterocycles. The van der Waals surface area contributed by atoms with E-state index >= 15 is 0 Å². The van der Waals surface area contributed by atoms with Gasteiger partial charge in [-0.1, -0.05) is 48.2 Å². The van der Waals surface area contributed by atoms with Gasteiger partial charge in [0, 0.05) is 9.79 Å². The van der Waals surface area contributed by atoms with Gasteiger partial charge in [0.1, 0.15) is 5.75 Å². The number of aryl methyl sites for hydroxylation is 1. The van der Waals surface area contributed by atoms with E-state index in [0.29, 0.717) is 17.1 Å². The minimum absolute atomic E-state index is 0.453. The molecule has 3 rings (SSSR count). The molecule has 0 atom stereocenters. The highest BCUT2D eigenvalue weighted by Gasteiger charge is 2.17. The average Bonchev–Trinajstić information content (AvgIpc) is 2.70. The van der Waals surface area contributed by atoms with Crippen LogP contribution in [0.1, 0.15) is 5.56 Å². The number of methoxy groups -OCH3 is 1. The lowest BCUT2D eigenvalue weighted by molar-refractivity contribution is -0.133. The zero-order valence-corrected chi connectivity index (χ0v) is 16.4. The number of hydrogen-bond donors (Lipinski definition) is 2. The molecule has 0 bridgehead atoms. The number of carbonyl (C=O) groups excluding carboxylic acids is 2. The Hall–Kier alpha value is -3.25. The van der Waals surface area contributed by atoms with Crippen molar-refractivity contribution in [1.82, 2.24) is 0 Å². The highest BCUT2D eigenvalue weighted by Crippen LogP contribution is 2.33. The van der Waals surface area contributed by atoms with Crippen molar-refractivity contribution in [3.05, 3.63) is 78.4 Å². The summed E-state index contributed by atoms with van der Waals surface area (Å²) < 4.78 is 5.23. The molecule has 0 spiro atoms. The Morgan fingerprint density at radius 2 is 1.46 bits per heavy atom. The summed E-state index contributed by atoms with van der Waals surface area (Å²) in [5.41, 5.74) is 1.98. The molecule has 0 unspecified atom stereocenters. The number of benzene rings is 3. The average molecular weight is 392 g/mol. The Morgan fingerprint density at radius 1 is 0.821 bits per heavy atom. The largest absolute Gasteiger partial charge is 0.495 e. The molecule has 142 valence electrons. The summed E-state index contributed by atoms with van der Waals surface area (Å²) in [6.07, 6.45) is 0. The van der Waals surface area contributed by atoms with Gasteiger partial charge in [0.05, 0.1) is 18.5 Å². The highest BCUT2D eigenvalue weighted by atomic mass is 32.2. The van der Waals surface area contributed by atoms with Crippen LogP contribution in [0.4, 0.5) is 11.4 Å². The normalized spacial score (nSPS) is 10.2. The molecule has 0 saturated carbocycles. The number of anilines is 2. The number of para-hydroxylation sites is 1. The molecule has 2 amide bonds. The van der Waals surface area contributed by atoms with Crippen LogP contribution in [0.25, 0.3) is 0 Å². The van der Waals surface area contributed by atoms with E-state index in [1.807, 2.05) is 61.5 Å². The van der Waals surface area contributed by atoms with Crippen molar-refractivity contribution >= 4 is 35.0 Å². The molecular formula is C22H20N2O3S. The van der Waals surface area contributed by atoms with E-state index in [2.05, 4.69) is 10.6 Å². The van der Waals surface area contributed by atoms with Crippen LogP contribution in [0.15, 0.2) is 82.6 Å². The van der Waals surface area contributed by atoms with Crippen LogP contribution in [0.3, 0.4) is 0 Å². The van der Waals surface area contributed by atoms with Crippen LogP contribution in [0, 0.1) is 6.92 Å². The van der Waals surface area contributed by atoms with Crippen molar-refractivity contribution in [3.63, 3.8) is 0 Å². The van der Waals surface area contributed by atoms with E-state index in [9.17, 15) is 9.59 Å². The Morgan fingerprint density at radius 3 is 2.18 bits per heavy atom. The van der Waals surface area contributed by atoms with Crippen molar-refractivity contribution < 1.29 is 14.3 Å². The minimum atomic E-state index is -0.761. The first-order valence-corrected chi connectivity index (χ1v) is 9.47. The van der Waals surface area contributed by atoms with Crippen LogP contribution < -0.4 is 15.4 Å². The van der Waals surface area contributed by atoms with Crippen molar-refractivity contribution in [3.8, 4) is 5.75 Å². The lowest BCUT2D eigenvalue weighted by atomic mass is 10.2. The predicted molar refractivity (Wildman–Crippen MR) is 112 cm³/mol. The number of ether oxygens (including phenoxy) is 1. The number of nitrogens with one attached hydrogen (secondary N) is 2. The van der Waals surface area contributed by atoms with Gasteiger partial charge in [-0.05, 0) is 48.9 Å². The first-order chi connectivity index (χ1) is 13.6. The molecule has 0 aliphatic carbocycles. The second-order valence-corrected chi connectivity index (χ2v) is 7.14. The van der Waals surface area contributed by atoms with Gasteiger partial charge in [0.25, 0.3) is 0 Å². The van der Waals surface area contributed by atoms with Crippen molar-refractivity contribution in [2.75, 3.05) is 17.7 Å². The Labute approximate surface area is 168 Å². The molecule has 0 fully saturated rings. The first kappa shape index (κ1) is 19.5. The quantitative estimate of drug-likeness (QED) is 0.616. The molecule has 6 heteroatoms. The third kappa shape index (κ3) is 4.92. The second kappa shape index (κ2) is 9.10. The summed E-state index contributed by atoms with van der Waals surface area (Å²) in [5, 5.41) is 5.30. The molecule has 5 nitrogen and oxygen atoms in total. The number of hydrogen-bond acceptors (Lipinski definition) is 4.